The van der Waals surface area contributed by atoms with Gasteiger partial charge in [0.1, 0.15) is 0 Å². The molecule has 2 heterocycles. The minimum Gasteiger partial charge on any atom is -0.367 e. The first-order valence-corrected chi connectivity index (χ1v) is 6.43. The lowest BCUT2D eigenvalue weighted by Crippen LogP contribution is -2.20. The van der Waals surface area contributed by atoms with Gasteiger partial charge in [0.2, 0.25) is 5.91 Å². The standard InChI is InChI=1S/C15H17N3O/c1-18-14-3-2-10(6-12(14)7-15(18)19)13(8-16)11-4-5-17-9-11/h2-6,9,13,17H,7-8,16H2,1H3. The van der Waals surface area contributed by atoms with E-state index in [0.29, 0.717) is 13.0 Å². The van der Waals surface area contributed by atoms with Crippen molar-refractivity contribution in [1.29, 1.82) is 0 Å². The van der Waals surface area contributed by atoms with Crippen molar-refractivity contribution in [2.24, 2.45) is 5.73 Å². The number of aromatic amines is 1. The number of nitrogens with one attached hydrogen (secondary N) is 1. The smallest absolute Gasteiger partial charge is 0.231 e. The number of fused-ring (bicyclic) bond motifs is 1. The lowest BCUT2D eigenvalue weighted by Gasteiger charge is -2.16. The number of benzene rings is 1. The summed E-state index contributed by atoms with van der Waals surface area (Å²) in [6.07, 6.45) is 4.37. The summed E-state index contributed by atoms with van der Waals surface area (Å²) < 4.78 is 0. The monoisotopic (exact) mass is 255 g/mol. The molecule has 3 N–H and O–H groups in total. The molecule has 0 spiro atoms. The average molecular weight is 255 g/mol. The minimum absolute atomic E-state index is 0.151. The lowest BCUT2D eigenvalue weighted by molar-refractivity contribution is -0.117. The number of aromatic nitrogens is 1. The fraction of sp³-hybridized carbons (Fsp3) is 0.267. The fourth-order valence-corrected chi connectivity index (χ4v) is 2.72. The average Bonchev–Trinajstić information content (AvgIpc) is 3.01. The summed E-state index contributed by atoms with van der Waals surface area (Å²) in [7, 11) is 1.82. The molecular weight excluding hydrogens is 238 g/mol. The lowest BCUT2D eigenvalue weighted by atomic mass is 9.91. The Morgan fingerprint density at radius 1 is 1.37 bits per heavy atom. The Balaban J connectivity index is 1.99. The van der Waals surface area contributed by atoms with E-state index in [4.69, 9.17) is 5.73 Å². The third-order valence-corrected chi connectivity index (χ3v) is 3.84. The van der Waals surface area contributed by atoms with Crippen LogP contribution in [0.4, 0.5) is 5.69 Å². The van der Waals surface area contributed by atoms with Gasteiger partial charge in [0.25, 0.3) is 0 Å². The Morgan fingerprint density at radius 2 is 2.21 bits per heavy atom. The first-order chi connectivity index (χ1) is 9.20. The third-order valence-electron chi connectivity index (χ3n) is 3.84. The zero-order valence-corrected chi connectivity index (χ0v) is 10.9. The molecule has 0 saturated heterocycles. The summed E-state index contributed by atoms with van der Waals surface area (Å²) in [6.45, 7) is 0.556. The van der Waals surface area contributed by atoms with Crippen LogP contribution in [0, 0.1) is 0 Å². The van der Waals surface area contributed by atoms with Crippen molar-refractivity contribution in [3.05, 3.63) is 53.3 Å². The summed E-state index contributed by atoms with van der Waals surface area (Å²) >= 11 is 0. The molecule has 98 valence electrons. The number of nitrogens with two attached hydrogens (primary N) is 1. The molecular formula is C15H17N3O. The van der Waals surface area contributed by atoms with Gasteiger partial charge in [-0.2, -0.15) is 0 Å². The zero-order valence-electron chi connectivity index (χ0n) is 10.9. The Kier molecular flexibility index (Phi) is 2.87. The van der Waals surface area contributed by atoms with E-state index in [-0.39, 0.29) is 11.8 Å². The highest BCUT2D eigenvalue weighted by Gasteiger charge is 2.25. The van der Waals surface area contributed by atoms with Gasteiger partial charge in [-0.1, -0.05) is 12.1 Å². The van der Waals surface area contributed by atoms with Crippen LogP contribution in [0.1, 0.15) is 22.6 Å². The molecule has 0 fully saturated rings. The van der Waals surface area contributed by atoms with Crippen LogP contribution >= 0.6 is 0 Å². The zero-order chi connectivity index (χ0) is 13.4. The molecule has 1 unspecified atom stereocenters. The largest absolute Gasteiger partial charge is 0.367 e. The second kappa shape index (κ2) is 4.55. The van der Waals surface area contributed by atoms with Gasteiger partial charge >= 0.3 is 0 Å². The number of anilines is 1. The number of likely N-dealkylation sites (N-methyl/N-ethyl adjacent to an activating group) is 1. The van der Waals surface area contributed by atoms with Gasteiger partial charge in [-0.25, -0.2) is 0 Å². The maximum absolute atomic E-state index is 11.7. The number of rotatable bonds is 3. The van der Waals surface area contributed by atoms with Gasteiger partial charge in [-0.15, -0.1) is 0 Å². The second-order valence-electron chi connectivity index (χ2n) is 4.95. The summed E-state index contributed by atoms with van der Waals surface area (Å²) in [6, 6.07) is 8.24. The summed E-state index contributed by atoms with van der Waals surface area (Å²) in [4.78, 5) is 16.5. The van der Waals surface area contributed by atoms with E-state index in [9.17, 15) is 4.79 Å². The van der Waals surface area contributed by atoms with E-state index in [0.717, 1.165) is 11.3 Å². The molecule has 4 nitrogen and oxygen atoms in total. The molecule has 1 aliphatic rings. The van der Waals surface area contributed by atoms with Crippen LogP contribution in [0.25, 0.3) is 0 Å². The highest BCUT2D eigenvalue weighted by molar-refractivity contribution is 6.00. The van der Waals surface area contributed by atoms with Crippen LogP contribution in [0.5, 0.6) is 0 Å². The topological polar surface area (TPSA) is 62.1 Å². The van der Waals surface area contributed by atoms with Crippen molar-refractivity contribution in [3.63, 3.8) is 0 Å². The molecule has 1 atom stereocenters. The minimum atomic E-state index is 0.151. The van der Waals surface area contributed by atoms with Crippen molar-refractivity contribution < 1.29 is 4.79 Å². The molecule has 0 radical (unpaired) electrons. The molecule has 1 amide bonds. The first-order valence-electron chi connectivity index (χ1n) is 6.43. The quantitative estimate of drug-likeness (QED) is 0.875. The normalized spacial score (nSPS) is 15.7. The van der Waals surface area contributed by atoms with Crippen LogP contribution in [0.2, 0.25) is 0 Å². The molecule has 2 aromatic rings. The Morgan fingerprint density at radius 3 is 2.89 bits per heavy atom. The Bertz CT molecular complexity index is 604. The van der Waals surface area contributed by atoms with E-state index < -0.39 is 0 Å². The van der Waals surface area contributed by atoms with Crippen molar-refractivity contribution in [2.75, 3.05) is 18.5 Å². The van der Waals surface area contributed by atoms with Crippen molar-refractivity contribution in [2.45, 2.75) is 12.3 Å². The summed E-state index contributed by atoms with van der Waals surface area (Å²) in [5, 5.41) is 0. The van der Waals surface area contributed by atoms with Gasteiger partial charge in [0, 0.05) is 37.6 Å². The van der Waals surface area contributed by atoms with Crippen molar-refractivity contribution in [1.82, 2.24) is 4.98 Å². The number of hydrogen-bond acceptors (Lipinski definition) is 2. The Labute approximate surface area is 112 Å². The molecule has 0 saturated carbocycles. The predicted molar refractivity (Wildman–Crippen MR) is 75.2 cm³/mol. The second-order valence-corrected chi connectivity index (χ2v) is 4.95. The molecule has 1 aromatic carbocycles. The van der Waals surface area contributed by atoms with Crippen molar-refractivity contribution >= 4 is 11.6 Å². The molecule has 0 aliphatic carbocycles. The molecule has 1 aliphatic heterocycles. The maximum atomic E-state index is 11.7. The fourth-order valence-electron chi connectivity index (χ4n) is 2.72. The number of hydrogen-bond donors (Lipinski definition) is 2. The number of carbonyl (C=O) groups is 1. The van der Waals surface area contributed by atoms with Gasteiger partial charge in [-0.05, 0) is 28.8 Å². The Hall–Kier alpha value is -2.07. The van der Waals surface area contributed by atoms with Gasteiger partial charge in [0.15, 0.2) is 0 Å². The molecule has 0 bridgehead atoms. The number of nitrogens with zero attached hydrogens (tertiary/aromatic N) is 1. The summed E-state index contributed by atoms with van der Waals surface area (Å²) in [5.74, 6) is 0.329. The predicted octanol–water partition coefficient (Wildman–Crippen LogP) is 1.62. The van der Waals surface area contributed by atoms with Gasteiger partial charge < -0.3 is 15.6 Å². The third kappa shape index (κ3) is 1.94. The van der Waals surface area contributed by atoms with E-state index >= 15 is 0 Å². The summed E-state index contributed by atoms with van der Waals surface area (Å²) in [5.41, 5.74) is 10.4. The highest BCUT2D eigenvalue weighted by Crippen LogP contribution is 2.32. The highest BCUT2D eigenvalue weighted by atomic mass is 16.2. The van der Waals surface area contributed by atoms with E-state index in [1.807, 2.05) is 31.6 Å². The van der Waals surface area contributed by atoms with E-state index in [2.05, 4.69) is 17.1 Å². The van der Waals surface area contributed by atoms with E-state index in [1.165, 1.54) is 11.1 Å². The van der Waals surface area contributed by atoms with E-state index in [1.54, 1.807) is 4.90 Å². The first kappa shape index (κ1) is 12.0. The number of carbonyl (C=O) groups excluding carboxylic acids is 1. The number of H-pyrrole nitrogens is 1. The van der Waals surface area contributed by atoms with Crippen molar-refractivity contribution in [3.8, 4) is 0 Å². The number of amides is 1. The maximum Gasteiger partial charge on any atom is 0.231 e. The van der Waals surface area contributed by atoms with Crippen LogP contribution < -0.4 is 10.6 Å². The van der Waals surface area contributed by atoms with Crippen LogP contribution in [-0.4, -0.2) is 24.5 Å². The SMILES string of the molecule is CN1C(=O)Cc2cc(C(CN)c3cc[nH]c3)ccc21. The van der Waals surface area contributed by atoms with Crippen LogP contribution in [0.15, 0.2) is 36.7 Å². The molecule has 3 rings (SSSR count). The van der Waals surface area contributed by atoms with Crippen LogP contribution in [0.3, 0.4) is 0 Å². The molecule has 19 heavy (non-hydrogen) atoms. The van der Waals surface area contributed by atoms with Gasteiger partial charge in [0.05, 0.1) is 6.42 Å². The molecule has 1 aromatic heterocycles. The van der Waals surface area contributed by atoms with Gasteiger partial charge in [-0.3, -0.25) is 4.79 Å². The van der Waals surface area contributed by atoms with Crippen LogP contribution in [-0.2, 0) is 11.2 Å². The molecule has 4 heteroatoms.